The highest BCUT2D eigenvalue weighted by Gasteiger charge is 2.55. The maximum Gasteiger partial charge on any atom is 0.264 e. The molecule has 4 N–H and O–H groups in total. The van der Waals surface area contributed by atoms with Crippen molar-refractivity contribution >= 4 is 90.6 Å². The molecule has 2 fully saturated rings. The lowest BCUT2D eigenvalue weighted by Gasteiger charge is -2.50. The van der Waals surface area contributed by atoms with E-state index in [0.29, 0.717) is 18.5 Å². The maximum absolute atomic E-state index is 14.0. The van der Waals surface area contributed by atoms with Gasteiger partial charge in [0, 0.05) is 67.3 Å². The molecule has 11 rings (SSSR count). The summed E-state index contributed by atoms with van der Waals surface area (Å²) in [5, 5.41) is 14.9. The van der Waals surface area contributed by atoms with Crippen LogP contribution in [0.4, 0.5) is 5.69 Å². The van der Waals surface area contributed by atoms with Gasteiger partial charge in [-0.2, -0.15) is 0 Å². The van der Waals surface area contributed by atoms with Gasteiger partial charge in [-0.3, -0.25) is 43.8 Å². The molecule has 5 aliphatic rings. The lowest BCUT2D eigenvalue weighted by Crippen LogP contribution is -2.61. The van der Waals surface area contributed by atoms with Gasteiger partial charge in [-0.25, -0.2) is 0 Å². The number of piperidine rings is 1. The number of likely N-dealkylation sites (N-methyl/N-ethyl adjacent to an activating group) is 1. The highest BCUT2D eigenvalue weighted by molar-refractivity contribution is 6.31. The van der Waals surface area contributed by atoms with Crippen molar-refractivity contribution in [2.45, 2.75) is 69.3 Å². The normalized spacial score (nSPS) is 22.2. The summed E-state index contributed by atoms with van der Waals surface area (Å²) < 4.78 is 35.2. The average Bonchev–Trinajstić information content (AvgIpc) is 4.09. The van der Waals surface area contributed by atoms with Crippen LogP contribution in [0.1, 0.15) is 75.5 Å². The zero-order chi connectivity index (χ0) is 50.0. The first-order valence-corrected chi connectivity index (χ1v) is 24.3. The first-order chi connectivity index (χ1) is 34.9. The van der Waals surface area contributed by atoms with Crippen LogP contribution in [0.2, 0.25) is 0 Å². The molecule has 20 heteroatoms. The van der Waals surface area contributed by atoms with E-state index in [0.717, 1.165) is 54.1 Å². The molecule has 7 heterocycles. The highest BCUT2D eigenvalue weighted by Crippen LogP contribution is 2.54. The van der Waals surface area contributed by atoms with Crippen LogP contribution in [-0.4, -0.2) is 145 Å². The minimum absolute atomic E-state index is 0.0120. The summed E-state index contributed by atoms with van der Waals surface area (Å²) in [5.74, 6) is -3.02. The molecule has 0 saturated carbocycles. The van der Waals surface area contributed by atoms with Gasteiger partial charge in [-0.1, -0.05) is 42.5 Å². The van der Waals surface area contributed by atoms with Gasteiger partial charge in [0.05, 0.1) is 97.4 Å². The van der Waals surface area contributed by atoms with E-state index < -0.39 is 53.8 Å². The molecule has 5 atom stereocenters. The molecule has 72 heavy (non-hydrogen) atoms. The number of carbonyl (C=O) groups is 7. The monoisotopic (exact) mass is 982 g/mol. The standard InChI is InChI=1S/C52H54N8O12/c1-52-47(68-3)36(25-40(72-52)58-33-13-6-4-9-28(33)43-44-31(26-55-49(44)65)41-29-10-5-7-14-34(29)60(52)46(41)45(43)58)57(2)39(63)17-19-69-21-23-71-24-22-70-20-18-53-38(62)27-54-32-12-8-11-30-42(32)51(67)59(50(30)66)35-15-16-37(61)56-48(35)64/h4-14,35-36,40,47,54H,15-27H2,1-3H3,(H,53,62)(H,55,65)(H,56,61,64)/t35?,36-,40-,47-,52+/m1/s1. The second-order valence-corrected chi connectivity index (χ2v) is 18.8. The molecule has 6 aromatic rings. The summed E-state index contributed by atoms with van der Waals surface area (Å²) in [7, 11) is 3.48. The van der Waals surface area contributed by atoms with Crippen molar-refractivity contribution in [3.8, 4) is 0 Å². The van der Waals surface area contributed by atoms with Crippen molar-refractivity contribution in [2.75, 3.05) is 72.2 Å². The molecule has 5 aliphatic heterocycles. The molecule has 0 radical (unpaired) electrons. The molecule has 374 valence electrons. The van der Waals surface area contributed by atoms with Gasteiger partial charge < -0.3 is 53.7 Å². The summed E-state index contributed by atoms with van der Waals surface area (Å²) in [4.78, 5) is 93.4. The second-order valence-electron chi connectivity index (χ2n) is 18.8. The number of hydrogen-bond acceptors (Lipinski definition) is 13. The van der Waals surface area contributed by atoms with Gasteiger partial charge >= 0.3 is 0 Å². The lowest BCUT2D eigenvalue weighted by molar-refractivity contribution is -0.266. The molecule has 1 unspecified atom stereocenters. The Morgan fingerprint density at radius 3 is 2.29 bits per heavy atom. The number of anilines is 1. The third kappa shape index (κ3) is 7.58. The van der Waals surface area contributed by atoms with Crippen LogP contribution in [0.15, 0.2) is 66.7 Å². The fourth-order valence-corrected chi connectivity index (χ4v) is 11.6. The quantitative estimate of drug-likeness (QED) is 0.0713. The predicted octanol–water partition coefficient (Wildman–Crippen LogP) is 3.66. The molecule has 0 spiro atoms. The molecule has 20 nitrogen and oxygen atoms in total. The smallest absolute Gasteiger partial charge is 0.264 e. The van der Waals surface area contributed by atoms with Crippen molar-refractivity contribution in [1.82, 2.24) is 34.9 Å². The number of nitrogens with zero attached hydrogens (tertiary/aromatic N) is 4. The Morgan fingerprint density at radius 2 is 1.54 bits per heavy atom. The summed E-state index contributed by atoms with van der Waals surface area (Å²) in [6.45, 7) is 4.02. The van der Waals surface area contributed by atoms with E-state index >= 15 is 0 Å². The van der Waals surface area contributed by atoms with E-state index in [1.165, 1.54) is 6.07 Å². The third-order valence-electron chi connectivity index (χ3n) is 14.8. The number of benzene rings is 4. The average molecular weight is 983 g/mol. The van der Waals surface area contributed by atoms with Crippen LogP contribution in [0.25, 0.3) is 43.6 Å². The number of rotatable bonds is 18. The Labute approximate surface area is 412 Å². The van der Waals surface area contributed by atoms with Crippen molar-refractivity contribution in [1.29, 1.82) is 0 Å². The molecule has 0 aliphatic carbocycles. The molecular formula is C52H54N8O12. The van der Waals surface area contributed by atoms with E-state index in [9.17, 15) is 33.6 Å². The van der Waals surface area contributed by atoms with Crippen LogP contribution in [-0.2, 0) is 55.1 Å². The molecular weight excluding hydrogens is 929 g/mol. The molecule has 2 bridgehead atoms. The molecule has 2 aromatic heterocycles. The number of hydrogen-bond donors (Lipinski definition) is 4. The second kappa shape index (κ2) is 18.7. The van der Waals surface area contributed by atoms with Crippen LogP contribution in [0, 0.1) is 0 Å². The molecule has 2 saturated heterocycles. The highest BCUT2D eigenvalue weighted by atomic mass is 16.6. The van der Waals surface area contributed by atoms with Crippen molar-refractivity contribution < 1.29 is 57.2 Å². The van der Waals surface area contributed by atoms with Crippen LogP contribution in [0.3, 0.4) is 0 Å². The van der Waals surface area contributed by atoms with E-state index in [-0.39, 0.29) is 107 Å². The van der Waals surface area contributed by atoms with Crippen molar-refractivity contribution in [3.05, 3.63) is 89.0 Å². The number of fused-ring (bicyclic) bond motifs is 14. The summed E-state index contributed by atoms with van der Waals surface area (Å²) in [6, 6.07) is 19.5. The zero-order valence-corrected chi connectivity index (χ0v) is 40.0. The number of ether oxygens (including phenoxy) is 5. The maximum atomic E-state index is 14.0. The summed E-state index contributed by atoms with van der Waals surface area (Å²) in [6.07, 6.45) is -0.439. The fourth-order valence-electron chi connectivity index (χ4n) is 11.6. The number of methoxy groups -OCH3 is 1. The Kier molecular flexibility index (Phi) is 12.3. The van der Waals surface area contributed by atoms with E-state index in [1.807, 2.05) is 38.2 Å². The van der Waals surface area contributed by atoms with E-state index in [2.05, 4.69) is 54.7 Å². The number of nitrogens with one attached hydrogen (secondary N) is 4. The summed E-state index contributed by atoms with van der Waals surface area (Å²) in [5.41, 5.74) is 4.88. The minimum Gasteiger partial charge on any atom is -0.379 e. The predicted molar refractivity (Wildman–Crippen MR) is 261 cm³/mol. The van der Waals surface area contributed by atoms with E-state index in [4.69, 9.17) is 23.7 Å². The first kappa shape index (κ1) is 47.1. The molecule has 7 amide bonds. The Bertz CT molecular complexity index is 3270. The molecule has 4 aromatic carbocycles. The number of carbonyl (C=O) groups excluding carboxylic acids is 7. The van der Waals surface area contributed by atoms with Gasteiger partial charge in [0.1, 0.15) is 18.4 Å². The number of amides is 7. The Morgan fingerprint density at radius 1 is 0.833 bits per heavy atom. The van der Waals surface area contributed by atoms with Crippen LogP contribution in [0.5, 0.6) is 0 Å². The number of para-hydroxylation sites is 2. The first-order valence-electron chi connectivity index (χ1n) is 24.3. The van der Waals surface area contributed by atoms with Crippen molar-refractivity contribution in [3.63, 3.8) is 0 Å². The summed E-state index contributed by atoms with van der Waals surface area (Å²) >= 11 is 0. The van der Waals surface area contributed by atoms with E-state index in [1.54, 1.807) is 24.1 Å². The van der Waals surface area contributed by atoms with Crippen molar-refractivity contribution in [2.24, 2.45) is 0 Å². The number of aromatic nitrogens is 2. The van der Waals surface area contributed by atoms with Gasteiger partial charge in [-0.05, 0) is 43.2 Å². The Hall–Kier alpha value is -7.23. The zero-order valence-electron chi connectivity index (χ0n) is 40.0. The lowest BCUT2D eigenvalue weighted by atomic mass is 9.91. The SMILES string of the molecule is CO[C@@H]1[C@H](N(C)C(=O)CCOCCOCCOCCNC(=O)CNc2cccc3c2C(=O)N(C2CCC(=O)NC2=O)C3=O)C[C@H]2O[C@]1(C)n1c3ccccc3c3c4c(c5c6ccccc6n2c5c31)C(=O)NC4. The van der Waals surface area contributed by atoms with Crippen LogP contribution >= 0.6 is 0 Å². The van der Waals surface area contributed by atoms with Crippen LogP contribution < -0.4 is 21.3 Å². The topological polar surface area (TPSA) is 230 Å². The van der Waals surface area contributed by atoms with Gasteiger partial charge in [0.15, 0.2) is 5.72 Å². The Balaban J connectivity index is 0.643. The third-order valence-corrected chi connectivity index (χ3v) is 14.8. The van der Waals surface area contributed by atoms with Gasteiger partial charge in [-0.15, -0.1) is 0 Å². The largest absolute Gasteiger partial charge is 0.379 e. The van der Waals surface area contributed by atoms with Gasteiger partial charge in [0.2, 0.25) is 23.6 Å². The minimum atomic E-state index is -1.09. The van der Waals surface area contributed by atoms with Gasteiger partial charge in [0.25, 0.3) is 17.7 Å². The number of imide groups is 2. The fraction of sp³-hybridized carbons (Fsp3) is 0.404.